The maximum absolute atomic E-state index is 13.1. The fraction of sp³-hybridized carbons (Fsp3) is 0.477. The number of piperidine rings is 1. The Balaban J connectivity index is 1.12. The number of nitrogens with zero attached hydrogens (tertiary/aromatic N) is 5. The summed E-state index contributed by atoms with van der Waals surface area (Å²) in [5, 5.41) is 12.8. The zero-order valence-electron chi connectivity index (χ0n) is 35.0. The van der Waals surface area contributed by atoms with Crippen LogP contribution in [-0.4, -0.2) is 122 Å². The summed E-state index contributed by atoms with van der Waals surface area (Å²) in [5.41, 5.74) is 2.96. The molecule has 0 aliphatic carbocycles. The molecule has 0 radical (unpaired) electrons. The van der Waals surface area contributed by atoms with Gasteiger partial charge in [-0.2, -0.15) is 0 Å². The van der Waals surface area contributed by atoms with Crippen LogP contribution >= 0.6 is 0 Å². The van der Waals surface area contributed by atoms with Crippen LogP contribution in [0.3, 0.4) is 0 Å². The van der Waals surface area contributed by atoms with Crippen LogP contribution in [-0.2, 0) is 19.1 Å². The first kappa shape index (κ1) is 45.1. The molecule has 58 heavy (non-hydrogen) atoms. The molecule has 0 aromatic heterocycles. The molecular formula is C44H60N6O8. The lowest BCUT2D eigenvalue weighted by atomic mass is 10.0. The Bertz CT molecular complexity index is 1830. The van der Waals surface area contributed by atoms with Gasteiger partial charge in [-0.15, -0.1) is 0 Å². The number of anilines is 3. The summed E-state index contributed by atoms with van der Waals surface area (Å²) >= 11 is 0. The number of carbonyl (C=O) groups is 5. The summed E-state index contributed by atoms with van der Waals surface area (Å²) in [6, 6.07) is 23.4. The number of para-hydroxylation sites is 1. The topological polar surface area (TPSA) is 152 Å². The highest BCUT2D eigenvalue weighted by atomic mass is 16.6. The van der Waals surface area contributed by atoms with Gasteiger partial charge in [0.15, 0.2) is 0 Å². The number of rotatable bonds is 16. The minimum absolute atomic E-state index is 0.0432. The van der Waals surface area contributed by atoms with Crippen LogP contribution < -0.4 is 15.1 Å². The fourth-order valence-electron chi connectivity index (χ4n) is 6.59. The van der Waals surface area contributed by atoms with Gasteiger partial charge in [-0.1, -0.05) is 55.0 Å². The van der Waals surface area contributed by atoms with E-state index >= 15 is 0 Å². The lowest BCUT2D eigenvalue weighted by Crippen LogP contribution is -2.48. The van der Waals surface area contributed by atoms with Gasteiger partial charge in [0.2, 0.25) is 11.8 Å². The largest absolute Gasteiger partial charge is 0.465 e. The summed E-state index contributed by atoms with van der Waals surface area (Å²) in [5.74, 6) is -0.284. The smallest absolute Gasteiger partial charge is 0.411 e. The van der Waals surface area contributed by atoms with Crippen LogP contribution in [0.25, 0.3) is 11.1 Å². The van der Waals surface area contributed by atoms with E-state index in [1.165, 1.54) is 21.7 Å². The van der Waals surface area contributed by atoms with Gasteiger partial charge in [-0.3, -0.25) is 24.7 Å². The second-order valence-corrected chi connectivity index (χ2v) is 15.7. The minimum atomic E-state index is -1.09. The van der Waals surface area contributed by atoms with E-state index in [9.17, 15) is 29.1 Å². The number of unbranched alkanes of at least 4 members (excludes halogenated alkanes) is 2. The number of carbonyl (C=O) groups excluding carboxylic acids is 4. The van der Waals surface area contributed by atoms with Crippen LogP contribution in [0, 0.1) is 0 Å². The molecule has 4 rings (SSSR count). The quantitative estimate of drug-likeness (QED) is 0.138. The van der Waals surface area contributed by atoms with E-state index in [-0.39, 0.29) is 24.5 Å². The highest BCUT2D eigenvalue weighted by Crippen LogP contribution is 2.28. The zero-order valence-corrected chi connectivity index (χ0v) is 35.0. The summed E-state index contributed by atoms with van der Waals surface area (Å²) in [6.07, 6.45) is 1.36. The van der Waals surface area contributed by atoms with Crippen LogP contribution in [0.15, 0.2) is 78.9 Å². The molecular weight excluding hydrogens is 741 g/mol. The van der Waals surface area contributed by atoms with Crippen LogP contribution in [0.1, 0.15) is 66.2 Å². The lowest BCUT2D eigenvalue weighted by molar-refractivity contribution is -0.130. The first-order valence-corrected chi connectivity index (χ1v) is 20.0. The van der Waals surface area contributed by atoms with Crippen LogP contribution in [0.5, 0.6) is 0 Å². The highest BCUT2D eigenvalue weighted by molar-refractivity contribution is 5.98. The van der Waals surface area contributed by atoms with Gasteiger partial charge < -0.3 is 29.3 Å². The Labute approximate surface area is 342 Å². The van der Waals surface area contributed by atoms with Gasteiger partial charge in [-0.25, -0.2) is 14.4 Å². The van der Waals surface area contributed by atoms with Crippen molar-refractivity contribution >= 4 is 47.2 Å². The maximum Gasteiger partial charge on any atom is 0.411 e. The van der Waals surface area contributed by atoms with E-state index in [4.69, 9.17) is 9.47 Å². The molecule has 1 unspecified atom stereocenters. The Morgan fingerprint density at radius 1 is 0.828 bits per heavy atom. The number of hydrogen-bond acceptors (Lipinski definition) is 8. The molecule has 3 aromatic carbocycles. The Hall–Kier alpha value is -5.63. The number of ether oxygens (including phenoxy) is 2. The fourth-order valence-corrected chi connectivity index (χ4v) is 6.59. The number of likely N-dealkylation sites (N-methyl/N-ethyl adjacent to an activating group) is 3. The number of likely N-dealkylation sites (tertiary alicyclic amines) is 1. The molecule has 0 bridgehead atoms. The van der Waals surface area contributed by atoms with Crippen molar-refractivity contribution in [2.24, 2.45) is 0 Å². The third kappa shape index (κ3) is 13.5. The molecule has 1 fully saturated rings. The molecule has 3 aromatic rings. The molecule has 1 aliphatic heterocycles. The van der Waals surface area contributed by atoms with Crippen molar-refractivity contribution in [1.29, 1.82) is 0 Å². The summed E-state index contributed by atoms with van der Waals surface area (Å²) in [4.78, 5) is 71.3. The van der Waals surface area contributed by atoms with Crippen LogP contribution in [0.4, 0.5) is 31.4 Å². The molecule has 0 saturated carbocycles. The van der Waals surface area contributed by atoms with Crippen molar-refractivity contribution < 1.29 is 38.6 Å². The molecule has 1 atom stereocenters. The number of benzene rings is 3. The van der Waals surface area contributed by atoms with E-state index in [1.807, 2.05) is 54.6 Å². The van der Waals surface area contributed by atoms with Gasteiger partial charge in [0.25, 0.3) is 0 Å². The van der Waals surface area contributed by atoms with E-state index in [1.54, 1.807) is 71.0 Å². The van der Waals surface area contributed by atoms with Gasteiger partial charge in [0, 0.05) is 77.2 Å². The minimum Gasteiger partial charge on any atom is -0.465 e. The maximum atomic E-state index is 13.1. The van der Waals surface area contributed by atoms with E-state index in [0.29, 0.717) is 62.1 Å². The lowest BCUT2D eigenvalue weighted by Gasteiger charge is -2.32. The van der Waals surface area contributed by atoms with Gasteiger partial charge in [0.05, 0.1) is 5.69 Å². The zero-order chi connectivity index (χ0) is 42.4. The summed E-state index contributed by atoms with van der Waals surface area (Å²) < 4.78 is 11.1. The van der Waals surface area contributed by atoms with Gasteiger partial charge in [0.1, 0.15) is 17.7 Å². The Morgan fingerprint density at radius 3 is 2.09 bits per heavy atom. The highest BCUT2D eigenvalue weighted by Gasteiger charge is 2.29. The van der Waals surface area contributed by atoms with E-state index < -0.39 is 29.9 Å². The first-order valence-electron chi connectivity index (χ1n) is 20.0. The van der Waals surface area contributed by atoms with Crippen molar-refractivity contribution in [2.75, 3.05) is 69.0 Å². The van der Waals surface area contributed by atoms with Crippen molar-refractivity contribution in [2.45, 2.75) is 84.0 Å². The predicted molar refractivity (Wildman–Crippen MR) is 226 cm³/mol. The second kappa shape index (κ2) is 21.2. The van der Waals surface area contributed by atoms with Crippen molar-refractivity contribution in [1.82, 2.24) is 14.7 Å². The average molecular weight is 801 g/mol. The molecule has 1 saturated heterocycles. The summed E-state index contributed by atoms with van der Waals surface area (Å²) in [7, 11) is 4.91. The predicted octanol–water partition coefficient (Wildman–Crippen LogP) is 7.79. The molecule has 314 valence electrons. The molecule has 14 heteroatoms. The average Bonchev–Trinajstić information content (AvgIpc) is 3.20. The number of carboxylic acid groups (broad SMARTS) is 1. The molecule has 0 spiro atoms. The number of nitrogens with one attached hydrogen (secondary N) is 1. The standard InChI is InChI=1S/C44H60N6O8/c1-32(47(6)43(56)58-44(2,3)4)40(52)48(7)34-21-23-35(24-22-34)50(42(54)55)27-15-9-12-20-39(51)46(5)30-31-49-28-25-36(26-29-49)57-41(53)45-38-19-14-13-18-37(38)33-16-10-8-11-17-33/h8,10-11,13-14,16-19,21-24,32,36H,9,12,15,20,25-31H2,1-7H3,(H,45,53)(H,54,55). The molecule has 1 heterocycles. The van der Waals surface area contributed by atoms with Crippen molar-refractivity contribution in [3.63, 3.8) is 0 Å². The molecule has 14 nitrogen and oxygen atoms in total. The van der Waals surface area contributed by atoms with Crippen molar-refractivity contribution in [3.05, 3.63) is 78.9 Å². The second-order valence-electron chi connectivity index (χ2n) is 15.7. The third-order valence-corrected chi connectivity index (χ3v) is 10.2. The van der Waals surface area contributed by atoms with E-state index in [2.05, 4.69) is 10.2 Å². The summed E-state index contributed by atoms with van der Waals surface area (Å²) in [6.45, 7) is 9.99. The first-order chi connectivity index (χ1) is 27.5. The Morgan fingerprint density at radius 2 is 1.45 bits per heavy atom. The molecule has 1 aliphatic rings. The van der Waals surface area contributed by atoms with Crippen LogP contribution in [0.2, 0.25) is 0 Å². The monoisotopic (exact) mass is 800 g/mol. The third-order valence-electron chi connectivity index (χ3n) is 10.2. The van der Waals surface area contributed by atoms with E-state index in [0.717, 1.165) is 30.8 Å². The molecule has 5 amide bonds. The molecule has 2 N–H and O–H groups in total. The van der Waals surface area contributed by atoms with Gasteiger partial charge in [-0.05, 0) is 89.3 Å². The number of amides is 5. The Kier molecular flexibility index (Phi) is 16.5. The van der Waals surface area contributed by atoms with Gasteiger partial charge >= 0.3 is 18.3 Å². The number of hydrogen-bond donors (Lipinski definition) is 2. The normalized spacial score (nSPS) is 13.8. The SMILES string of the molecule is CC(C(=O)N(C)c1ccc(N(CCCCCC(=O)N(C)CCN2CCC(OC(=O)Nc3ccccc3-c3ccccc3)CC2)C(=O)O)cc1)N(C)C(=O)OC(C)(C)C. The van der Waals surface area contributed by atoms with Crippen molar-refractivity contribution in [3.8, 4) is 11.1 Å².